The van der Waals surface area contributed by atoms with E-state index in [1.807, 2.05) is 27.7 Å². The van der Waals surface area contributed by atoms with Crippen LogP contribution in [0.15, 0.2) is 17.6 Å². The molecule has 4 nitrogen and oxygen atoms in total. The van der Waals surface area contributed by atoms with Crippen molar-refractivity contribution in [3.8, 4) is 0 Å². The number of allylic oxidation sites excluding steroid dienone is 1. The molecule has 0 N–H and O–H groups in total. The van der Waals surface area contributed by atoms with E-state index < -0.39 is 5.60 Å². The lowest BCUT2D eigenvalue weighted by atomic mass is 10.0. The molecule has 0 aromatic rings. The number of rotatable bonds is 5. The fourth-order valence-corrected chi connectivity index (χ4v) is 1.78. The van der Waals surface area contributed by atoms with E-state index in [0.29, 0.717) is 18.9 Å². The van der Waals surface area contributed by atoms with Crippen molar-refractivity contribution in [3.05, 3.63) is 12.7 Å². The lowest BCUT2D eigenvalue weighted by molar-refractivity contribution is -0.155. The van der Waals surface area contributed by atoms with Gasteiger partial charge in [0, 0.05) is 5.92 Å². The molecule has 0 aromatic heterocycles. The Labute approximate surface area is 109 Å². The predicted molar refractivity (Wildman–Crippen MR) is 71.6 cm³/mol. The molecular weight excluding hydrogens is 230 g/mol. The van der Waals surface area contributed by atoms with E-state index in [2.05, 4.69) is 11.6 Å². The molecule has 4 heteroatoms. The van der Waals surface area contributed by atoms with Gasteiger partial charge in [-0.1, -0.05) is 6.08 Å². The van der Waals surface area contributed by atoms with Crippen LogP contribution in [-0.4, -0.2) is 30.1 Å². The van der Waals surface area contributed by atoms with Crippen molar-refractivity contribution in [2.24, 2.45) is 10.9 Å². The van der Waals surface area contributed by atoms with Gasteiger partial charge >= 0.3 is 5.97 Å². The number of carbonyl (C=O) groups is 1. The summed E-state index contributed by atoms with van der Waals surface area (Å²) in [6, 6.07) is 0.172. The van der Waals surface area contributed by atoms with E-state index in [9.17, 15) is 4.79 Å². The molecule has 0 saturated carbocycles. The Balaban J connectivity index is 2.61. The van der Waals surface area contributed by atoms with E-state index in [0.717, 1.165) is 0 Å². The molecule has 102 valence electrons. The lowest BCUT2D eigenvalue weighted by Crippen LogP contribution is -2.27. The summed E-state index contributed by atoms with van der Waals surface area (Å²) in [5.41, 5.74) is -0.457. The summed E-state index contributed by atoms with van der Waals surface area (Å²) in [7, 11) is 0. The first-order valence-electron chi connectivity index (χ1n) is 6.35. The molecule has 18 heavy (non-hydrogen) atoms. The van der Waals surface area contributed by atoms with Gasteiger partial charge in [-0.2, -0.15) is 0 Å². The van der Waals surface area contributed by atoms with Crippen molar-refractivity contribution in [1.29, 1.82) is 0 Å². The van der Waals surface area contributed by atoms with Crippen LogP contribution in [0.4, 0.5) is 0 Å². The van der Waals surface area contributed by atoms with Crippen molar-refractivity contribution < 1.29 is 14.3 Å². The Morgan fingerprint density at radius 1 is 1.67 bits per heavy atom. The van der Waals surface area contributed by atoms with Gasteiger partial charge in [-0.3, -0.25) is 4.79 Å². The van der Waals surface area contributed by atoms with Crippen LogP contribution in [0.2, 0.25) is 0 Å². The molecule has 2 atom stereocenters. The summed E-state index contributed by atoms with van der Waals surface area (Å²) in [6.07, 6.45) is 2.74. The number of hydrogen-bond donors (Lipinski definition) is 0. The largest absolute Gasteiger partial charge is 0.478 e. The van der Waals surface area contributed by atoms with Gasteiger partial charge < -0.3 is 9.47 Å². The minimum Gasteiger partial charge on any atom is -0.478 e. The van der Waals surface area contributed by atoms with Crippen LogP contribution in [-0.2, 0) is 14.3 Å². The second-order valence-electron chi connectivity index (χ2n) is 5.64. The van der Waals surface area contributed by atoms with Gasteiger partial charge in [0.1, 0.15) is 12.2 Å². The molecule has 0 aliphatic carbocycles. The molecule has 0 unspecified atom stereocenters. The highest BCUT2D eigenvalue weighted by Gasteiger charge is 2.27. The molecule has 1 heterocycles. The van der Waals surface area contributed by atoms with Crippen molar-refractivity contribution in [2.75, 3.05) is 6.61 Å². The smallest absolute Gasteiger partial charge is 0.307 e. The fraction of sp³-hybridized carbons (Fsp3) is 0.714. The van der Waals surface area contributed by atoms with Gasteiger partial charge in [0.15, 0.2) is 5.90 Å². The number of hydrogen-bond acceptors (Lipinski definition) is 4. The Morgan fingerprint density at radius 2 is 2.33 bits per heavy atom. The zero-order valence-electron chi connectivity index (χ0n) is 11.7. The van der Waals surface area contributed by atoms with E-state index >= 15 is 0 Å². The van der Waals surface area contributed by atoms with Gasteiger partial charge in [0.25, 0.3) is 0 Å². The average Bonchev–Trinajstić information content (AvgIpc) is 2.61. The normalized spacial score (nSPS) is 20.9. The first-order chi connectivity index (χ1) is 8.31. The molecule has 1 rings (SSSR count). The first kappa shape index (κ1) is 14.7. The quantitative estimate of drug-likeness (QED) is 0.559. The minimum absolute atomic E-state index is 0.0534. The summed E-state index contributed by atoms with van der Waals surface area (Å²) in [5, 5.41) is 0. The van der Waals surface area contributed by atoms with Gasteiger partial charge in [0.2, 0.25) is 0 Å². The topological polar surface area (TPSA) is 47.9 Å². The van der Waals surface area contributed by atoms with Gasteiger partial charge in [0.05, 0.1) is 12.5 Å². The summed E-state index contributed by atoms with van der Waals surface area (Å²) in [4.78, 5) is 16.2. The van der Waals surface area contributed by atoms with E-state index in [1.54, 1.807) is 6.08 Å². The third-order valence-electron chi connectivity index (χ3n) is 2.45. The summed E-state index contributed by atoms with van der Waals surface area (Å²) in [5.74, 6) is 0.385. The number of ether oxygens (including phenoxy) is 2. The molecule has 1 aliphatic rings. The van der Waals surface area contributed by atoms with Gasteiger partial charge in [-0.05, 0) is 34.1 Å². The maximum Gasteiger partial charge on any atom is 0.307 e. The second-order valence-corrected chi connectivity index (χ2v) is 5.64. The van der Waals surface area contributed by atoms with Gasteiger partial charge in [-0.25, -0.2) is 4.99 Å². The van der Waals surface area contributed by atoms with Crippen molar-refractivity contribution in [1.82, 2.24) is 0 Å². The standard InChI is InChI=1S/C14H23NO3/c1-6-7-11(13-15-10(2)9-17-13)8-12(16)18-14(3,4)5/h6,10-11H,1,7-9H2,2-5H3/t10-,11+/m0/s1. The number of carbonyl (C=O) groups excluding carboxylic acids is 1. The highest BCUT2D eigenvalue weighted by atomic mass is 16.6. The number of nitrogens with zero attached hydrogens (tertiary/aromatic N) is 1. The summed E-state index contributed by atoms with van der Waals surface area (Å²) in [6.45, 7) is 11.9. The summed E-state index contributed by atoms with van der Waals surface area (Å²) < 4.78 is 10.8. The highest BCUT2D eigenvalue weighted by Crippen LogP contribution is 2.20. The summed E-state index contributed by atoms with van der Waals surface area (Å²) >= 11 is 0. The minimum atomic E-state index is -0.457. The highest BCUT2D eigenvalue weighted by molar-refractivity contribution is 5.85. The molecule has 0 bridgehead atoms. The molecule has 0 amide bonds. The number of aliphatic imine (C=N–C) groups is 1. The Morgan fingerprint density at radius 3 is 2.78 bits per heavy atom. The van der Waals surface area contributed by atoms with E-state index in [1.165, 1.54) is 0 Å². The third kappa shape index (κ3) is 4.90. The third-order valence-corrected chi connectivity index (χ3v) is 2.45. The van der Waals surface area contributed by atoms with Crippen LogP contribution in [0.1, 0.15) is 40.5 Å². The molecule has 1 aliphatic heterocycles. The Kier molecular flexibility index (Phi) is 4.93. The second kappa shape index (κ2) is 6.03. The van der Waals surface area contributed by atoms with Crippen LogP contribution in [0, 0.1) is 5.92 Å². The maximum atomic E-state index is 11.8. The predicted octanol–water partition coefficient (Wildman–Crippen LogP) is 2.73. The molecule has 0 aromatic carbocycles. The maximum absolute atomic E-state index is 11.8. The lowest BCUT2D eigenvalue weighted by Gasteiger charge is -2.21. The number of esters is 1. The van der Waals surface area contributed by atoms with Crippen LogP contribution >= 0.6 is 0 Å². The van der Waals surface area contributed by atoms with Crippen molar-refractivity contribution in [3.63, 3.8) is 0 Å². The van der Waals surface area contributed by atoms with E-state index in [4.69, 9.17) is 9.47 Å². The SMILES string of the molecule is C=CC[C@H](CC(=O)OC(C)(C)C)C1=N[C@@H](C)CO1. The molecule has 0 fully saturated rings. The zero-order chi connectivity index (χ0) is 13.8. The molecule has 0 spiro atoms. The van der Waals surface area contributed by atoms with Crippen molar-refractivity contribution >= 4 is 11.9 Å². The zero-order valence-corrected chi connectivity index (χ0v) is 11.7. The first-order valence-corrected chi connectivity index (χ1v) is 6.35. The van der Waals surface area contributed by atoms with E-state index in [-0.39, 0.29) is 24.3 Å². The monoisotopic (exact) mass is 253 g/mol. The van der Waals surface area contributed by atoms with Crippen LogP contribution < -0.4 is 0 Å². The molecular formula is C14H23NO3. The van der Waals surface area contributed by atoms with Gasteiger partial charge in [-0.15, -0.1) is 6.58 Å². The average molecular weight is 253 g/mol. The Hall–Kier alpha value is -1.32. The fourth-order valence-electron chi connectivity index (χ4n) is 1.78. The molecule has 0 radical (unpaired) electrons. The van der Waals surface area contributed by atoms with Crippen LogP contribution in [0.25, 0.3) is 0 Å². The Bertz CT molecular complexity index is 341. The molecule has 0 saturated heterocycles. The van der Waals surface area contributed by atoms with Crippen molar-refractivity contribution in [2.45, 2.75) is 52.2 Å². The van der Waals surface area contributed by atoms with Crippen LogP contribution in [0.3, 0.4) is 0 Å². The van der Waals surface area contributed by atoms with Crippen LogP contribution in [0.5, 0.6) is 0 Å².